The maximum atomic E-state index is 13.6. The van der Waals surface area contributed by atoms with Crippen LogP contribution >= 0.6 is 0 Å². The first-order valence-electron chi connectivity index (χ1n) is 11.7. The first kappa shape index (κ1) is 24.6. The highest BCUT2D eigenvalue weighted by Gasteiger charge is 2.26. The summed E-state index contributed by atoms with van der Waals surface area (Å²) >= 11 is 0. The molecule has 2 amide bonds. The second-order valence-corrected chi connectivity index (χ2v) is 8.68. The van der Waals surface area contributed by atoms with Gasteiger partial charge in [0.1, 0.15) is 17.6 Å². The zero-order valence-corrected chi connectivity index (χ0v) is 19.5. The molecule has 1 saturated carbocycles. The van der Waals surface area contributed by atoms with Gasteiger partial charge in [-0.1, -0.05) is 32.1 Å². The zero-order chi connectivity index (χ0) is 23.6. The molecule has 7 heteroatoms. The molecular formula is C26H34FN3O3. The molecule has 1 aliphatic carbocycles. The number of carbonyl (C=O) groups excluding carboxylic acids is 2. The zero-order valence-electron chi connectivity index (χ0n) is 19.5. The van der Waals surface area contributed by atoms with Crippen LogP contribution < -0.4 is 20.7 Å². The van der Waals surface area contributed by atoms with Gasteiger partial charge in [-0.2, -0.15) is 0 Å². The van der Waals surface area contributed by atoms with Gasteiger partial charge in [0.2, 0.25) is 5.91 Å². The Morgan fingerprint density at radius 2 is 1.79 bits per heavy atom. The molecule has 2 aromatic carbocycles. The van der Waals surface area contributed by atoms with Crippen LogP contribution in [0.4, 0.5) is 10.1 Å². The smallest absolute Gasteiger partial charge is 0.251 e. The predicted molar refractivity (Wildman–Crippen MR) is 128 cm³/mol. The van der Waals surface area contributed by atoms with Crippen molar-refractivity contribution in [3.05, 3.63) is 59.4 Å². The molecule has 0 bridgehead atoms. The molecule has 3 rings (SSSR count). The number of carbonyl (C=O) groups is 2. The number of rotatable bonds is 10. The molecule has 6 nitrogen and oxygen atoms in total. The molecular weight excluding hydrogens is 421 g/mol. The summed E-state index contributed by atoms with van der Waals surface area (Å²) in [5.41, 5.74) is 1.70. The van der Waals surface area contributed by atoms with E-state index in [1.165, 1.54) is 24.6 Å². The maximum Gasteiger partial charge on any atom is 0.251 e. The van der Waals surface area contributed by atoms with Crippen molar-refractivity contribution in [2.75, 3.05) is 25.5 Å². The van der Waals surface area contributed by atoms with E-state index in [2.05, 4.69) is 16.0 Å². The first-order chi connectivity index (χ1) is 16.0. The third kappa shape index (κ3) is 7.48. The van der Waals surface area contributed by atoms with Gasteiger partial charge in [0, 0.05) is 24.3 Å². The molecule has 2 aromatic rings. The Balaban J connectivity index is 1.56. The minimum absolute atomic E-state index is 0.190. The maximum absolute atomic E-state index is 13.6. The van der Waals surface area contributed by atoms with E-state index in [1.807, 2.05) is 24.3 Å². The van der Waals surface area contributed by atoms with E-state index < -0.39 is 6.04 Å². The molecule has 0 spiro atoms. The SMILES string of the molecule is COc1ccc(NCCNC(=O)[C@H](CC2CCCCC2)NC(=O)c2ccc(F)c(C)c2)cc1. The number of anilines is 1. The van der Waals surface area contributed by atoms with Crippen LogP contribution in [0.25, 0.3) is 0 Å². The fourth-order valence-corrected chi connectivity index (χ4v) is 4.24. The quantitative estimate of drug-likeness (QED) is 0.463. The second-order valence-electron chi connectivity index (χ2n) is 8.68. The Hall–Kier alpha value is -3.09. The largest absolute Gasteiger partial charge is 0.497 e. The summed E-state index contributed by atoms with van der Waals surface area (Å²) < 4.78 is 18.7. The Kier molecular flexibility index (Phi) is 9.10. The monoisotopic (exact) mass is 455 g/mol. The summed E-state index contributed by atoms with van der Waals surface area (Å²) in [5.74, 6) is 0.302. The van der Waals surface area contributed by atoms with Crippen LogP contribution in [0.5, 0.6) is 5.75 Å². The summed E-state index contributed by atoms with van der Waals surface area (Å²) in [6.07, 6.45) is 6.32. The Labute approximate surface area is 195 Å². The summed E-state index contributed by atoms with van der Waals surface area (Å²) in [5, 5.41) is 9.09. The van der Waals surface area contributed by atoms with Crippen LogP contribution in [0, 0.1) is 18.7 Å². The lowest BCUT2D eigenvalue weighted by atomic mass is 9.84. The molecule has 3 N–H and O–H groups in total. The van der Waals surface area contributed by atoms with Crippen LogP contribution in [0.3, 0.4) is 0 Å². The Bertz CT molecular complexity index is 927. The highest BCUT2D eigenvalue weighted by Crippen LogP contribution is 2.27. The van der Waals surface area contributed by atoms with Gasteiger partial charge in [0.25, 0.3) is 5.91 Å². The normalized spacial score (nSPS) is 14.9. The minimum atomic E-state index is -0.619. The molecule has 1 atom stereocenters. The van der Waals surface area contributed by atoms with E-state index in [0.717, 1.165) is 37.1 Å². The number of hydrogen-bond acceptors (Lipinski definition) is 4. The van der Waals surface area contributed by atoms with Crippen LogP contribution in [0.15, 0.2) is 42.5 Å². The van der Waals surface area contributed by atoms with Crippen molar-refractivity contribution in [1.82, 2.24) is 10.6 Å². The summed E-state index contributed by atoms with van der Waals surface area (Å²) in [6.45, 7) is 2.60. The lowest BCUT2D eigenvalue weighted by molar-refractivity contribution is -0.123. The average Bonchev–Trinajstić information content (AvgIpc) is 2.84. The van der Waals surface area contributed by atoms with Crippen molar-refractivity contribution in [3.8, 4) is 5.75 Å². The summed E-state index contributed by atoms with van der Waals surface area (Å²) in [6, 6.07) is 11.2. The van der Waals surface area contributed by atoms with E-state index >= 15 is 0 Å². The number of amides is 2. The van der Waals surface area contributed by atoms with Gasteiger partial charge < -0.3 is 20.7 Å². The van der Waals surface area contributed by atoms with Gasteiger partial charge in [0.05, 0.1) is 7.11 Å². The predicted octanol–water partition coefficient (Wildman–Crippen LogP) is 4.44. The van der Waals surface area contributed by atoms with Crippen molar-refractivity contribution in [2.45, 2.75) is 51.5 Å². The van der Waals surface area contributed by atoms with Crippen molar-refractivity contribution in [2.24, 2.45) is 5.92 Å². The molecule has 0 radical (unpaired) electrons. The van der Waals surface area contributed by atoms with Crippen molar-refractivity contribution in [3.63, 3.8) is 0 Å². The third-order valence-corrected chi connectivity index (χ3v) is 6.18. The third-order valence-electron chi connectivity index (χ3n) is 6.18. The lowest BCUT2D eigenvalue weighted by Crippen LogP contribution is -2.48. The minimum Gasteiger partial charge on any atom is -0.497 e. The number of hydrogen-bond donors (Lipinski definition) is 3. The van der Waals surface area contributed by atoms with Gasteiger partial charge in [0.15, 0.2) is 0 Å². The number of aryl methyl sites for hydroxylation is 1. The average molecular weight is 456 g/mol. The fourth-order valence-electron chi connectivity index (χ4n) is 4.24. The molecule has 1 fully saturated rings. The topological polar surface area (TPSA) is 79.5 Å². The van der Waals surface area contributed by atoms with E-state index in [1.54, 1.807) is 14.0 Å². The number of halogens is 1. The number of benzene rings is 2. The summed E-state index contributed by atoms with van der Waals surface area (Å²) in [4.78, 5) is 25.8. The van der Waals surface area contributed by atoms with Gasteiger partial charge in [-0.15, -0.1) is 0 Å². The van der Waals surface area contributed by atoms with Crippen LogP contribution in [-0.2, 0) is 4.79 Å². The molecule has 0 heterocycles. The standard InChI is InChI=1S/C26H34FN3O3/c1-18-16-20(8-13-23(18)27)25(31)30-24(17-19-6-4-3-5-7-19)26(32)29-15-14-28-21-9-11-22(33-2)12-10-21/h8-13,16,19,24,28H,3-7,14-15,17H2,1-2H3,(H,29,32)(H,30,31)/t24-/m0/s1. The fraction of sp³-hybridized carbons (Fsp3) is 0.462. The Morgan fingerprint density at radius 3 is 2.45 bits per heavy atom. The Morgan fingerprint density at radius 1 is 1.06 bits per heavy atom. The van der Waals surface area contributed by atoms with E-state index in [9.17, 15) is 14.0 Å². The van der Waals surface area contributed by atoms with E-state index in [4.69, 9.17) is 4.74 Å². The first-order valence-corrected chi connectivity index (χ1v) is 11.7. The number of ether oxygens (including phenoxy) is 1. The molecule has 0 aliphatic heterocycles. The molecule has 0 aromatic heterocycles. The molecule has 1 aliphatic rings. The van der Waals surface area contributed by atoms with Gasteiger partial charge in [-0.05, 0) is 67.3 Å². The van der Waals surface area contributed by atoms with Crippen LogP contribution in [0.2, 0.25) is 0 Å². The highest BCUT2D eigenvalue weighted by atomic mass is 19.1. The van der Waals surface area contributed by atoms with Crippen molar-refractivity contribution in [1.29, 1.82) is 0 Å². The molecule has 0 saturated heterocycles. The van der Waals surface area contributed by atoms with Crippen molar-refractivity contribution < 1.29 is 18.7 Å². The highest BCUT2D eigenvalue weighted by molar-refractivity contribution is 5.97. The molecule has 0 unspecified atom stereocenters. The summed E-state index contributed by atoms with van der Waals surface area (Å²) in [7, 11) is 1.62. The van der Waals surface area contributed by atoms with Crippen LogP contribution in [-0.4, -0.2) is 38.1 Å². The second kappa shape index (κ2) is 12.2. The van der Waals surface area contributed by atoms with Gasteiger partial charge in [-0.3, -0.25) is 9.59 Å². The lowest BCUT2D eigenvalue weighted by Gasteiger charge is -2.26. The molecule has 178 valence electrons. The number of nitrogens with one attached hydrogen (secondary N) is 3. The van der Waals surface area contributed by atoms with Gasteiger partial charge in [-0.25, -0.2) is 4.39 Å². The van der Waals surface area contributed by atoms with E-state index in [-0.39, 0.29) is 17.6 Å². The van der Waals surface area contributed by atoms with Crippen molar-refractivity contribution >= 4 is 17.5 Å². The van der Waals surface area contributed by atoms with E-state index in [0.29, 0.717) is 36.6 Å². The van der Waals surface area contributed by atoms with Crippen LogP contribution in [0.1, 0.15) is 54.4 Å². The molecule has 33 heavy (non-hydrogen) atoms. The van der Waals surface area contributed by atoms with Gasteiger partial charge >= 0.3 is 0 Å². The number of methoxy groups -OCH3 is 1.